The van der Waals surface area contributed by atoms with Gasteiger partial charge in [0.05, 0.1) is 5.70 Å². The van der Waals surface area contributed by atoms with Crippen molar-refractivity contribution in [2.75, 3.05) is 6.54 Å². The molecule has 0 spiro atoms. The van der Waals surface area contributed by atoms with Crippen LogP contribution in [0.4, 0.5) is 4.39 Å². The molecular weight excluding hydrogens is 107 g/mol. The number of nitrogens with one attached hydrogen (secondary N) is 1. The normalized spacial score (nSPS) is 18.6. The van der Waals surface area contributed by atoms with Crippen LogP contribution in [0.15, 0.2) is 23.8 Å². The first-order valence-corrected chi connectivity index (χ1v) is 2.36. The minimum absolute atomic E-state index is 0.177. The molecule has 1 aliphatic rings. The van der Waals surface area contributed by atoms with Crippen molar-refractivity contribution in [3.63, 3.8) is 0 Å². The van der Waals surface area contributed by atoms with E-state index in [1.807, 2.05) is 0 Å². The highest BCUT2D eigenvalue weighted by atomic mass is 19.1. The predicted octanol–water partition coefficient (Wildman–Crippen LogP) is 0.243. The first kappa shape index (κ1) is 5.15. The summed E-state index contributed by atoms with van der Waals surface area (Å²) < 4.78 is 12.2. The van der Waals surface area contributed by atoms with Gasteiger partial charge in [0.25, 0.3) is 0 Å². The molecule has 8 heavy (non-hydrogen) atoms. The molecule has 1 rings (SSSR count). The monoisotopic (exact) mass is 114 g/mol. The summed E-state index contributed by atoms with van der Waals surface area (Å²) in [6.07, 6.45) is 3.31. The smallest absolute Gasteiger partial charge is 0.210 e. The third-order valence-electron chi connectivity index (χ3n) is 0.926. The lowest BCUT2D eigenvalue weighted by Crippen LogP contribution is -2.18. The van der Waals surface area contributed by atoms with Gasteiger partial charge in [-0.3, -0.25) is 0 Å². The molecule has 0 atom stereocenters. The summed E-state index contributed by atoms with van der Waals surface area (Å²) in [5.74, 6) is -0.424. The maximum Gasteiger partial charge on any atom is 0.210 e. The molecule has 0 amide bonds. The standard InChI is InChI=1S/C5H7FN2/c6-5-4(7)2-1-3-8-5/h1-2,8H,3,7H2. The van der Waals surface area contributed by atoms with Gasteiger partial charge in [-0.1, -0.05) is 6.08 Å². The van der Waals surface area contributed by atoms with Crippen LogP contribution < -0.4 is 11.1 Å². The van der Waals surface area contributed by atoms with Crippen LogP contribution in [-0.4, -0.2) is 6.54 Å². The molecule has 0 unspecified atom stereocenters. The van der Waals surface area contributed by atoms with Crippen LogP contribution >= 0.6 is 0 Å². The van der Waals surface area contributed by atoms with Crippen LogP contribution in [0.5, 0.6) is 0 Å². The van der Waals surface area contributed by atoms with E-state index in [-0.39, 0.29) is 5.70 Å². The van der Waals surface area contributed by atoms with E-state index in [2.05, 4.69) is 5.32 Å². The molecule has 0 radical (unpaired) electrons. The van der Waals surface area contributed by atoms with Crippen molar-refractivity contribution < 1.29 is 4.39 Å². The lowest BCUT2D eigenvalue weighted by atomic mass is 10.3. The van der Waals surface area contributed by atoms with Gasteiger partial charge in [0, 0.05) is 6.54 Å². The van der Waals surface area contributed by atoms with E-state index >= 15 is 0 Å². The Morgan fingerprint density at radius 1 is 1.75 bits per heavy atom. The van der Waals surface area contributed by atoms with E-state index < -0.39 is 5.95 Å². The molecule has 0 saturated heterocycles. The summed E-state index contributed by atoms with van der Waals surface area (Å²) in [5.41, 5.74) is 5.31. The van der Waals surface area contributed by atoms with Crippen LogP contribution in [0.3, 0.4) is 0 Å². The minimum Gasteiger partial charge on any atom is -0.395 e. The fraction of sp³-hybridized carbons (Fsp3) is 0.200. The highest BCUT2D eigenvalue weighted by molar-refractivity contribution is 5.21. The molecule has 44 valence electrons. The summed E-state index contributed by atoms with van der Waals surface area (Å²) in [6.45, 7) is 0.534. The third kappa shape index (κ3) is 0.804. The van der Waals surface area contributed by atoms with E-state index in [9.17, 15) is 4.39 Å². The Bertz CT molecular complexity index is 149. The maximum absolute atomic E-state index is 12.2. The van der Waals surface area contributed by atoms with Crippen molar-refractivity contribution in [1.29, 1.82) is 0 Å². The van der Waals surface area contributed by atoms with E-state index in [1.54, 1.807) is 12.2 Å². The zero-order valence-corrected chi connectivity index (χ0v) is 4.32. The average Bonchev–Trinajstić information content (AvgIpc) is 1.77. The maximum atomic E-state index is 12.2. The Labute approximate surface area is 46.9 Å². The average molecular weight is 114 g/mol. The molecule has 0 bridgehead atoms. The minimum atomic E-state index is -0.424. The molecule has 3 N–H and O–H groups in total. The molecular formula is C5H7FN2. The Hall–Kier alpha value is -0.990. The molecule has 2 nitrogen and oxygen atoms in total. The van der Waals surface area contributed by atoms with Crippen LogP contribution in [0, 0.1) is 0 Å². The number of hydrogen-bond donors (Lipinski definition) is 2. The van der Waals surface area contributed by atoms with Crippen LogP contribution in [0.2, 0.25) is 0 Å². The van der Waals surface area contributed by atoms with E-state index in [0.717, 1.165) is 0 Å². The van der Waals surface area contributed by atoms with Crippen LogP contribution in [-0.2, 0) is 0 Å². The van der Waals surface area contributed by atoms with Gasteiger partial charge in [-0.2, -0.15) is 4.39 Å². The number of halogens is 1. The Morgan fingerprint density at radius 3 is 2.88 bits per heavy atom. The molecule has 0 saturated carbocycles. The number of dihydropyridines is 1. The number of allylic oxidation sites excluding steroid dienone is 1. The Balaban J connectivity index is 2.76. The van der Waals surface area contributed by atoms with Crippen molar-refractivity contribution in [3.8, 4) is 0 Å². The number of rotatable bonds is 0. The quantitative estimate of drug-likeness (QED) is 0.443. The number of nitrogens with two attached hydrogens (primary N) is 1. The largest absolute Gasteiger partial charge is 0.395 e. The summed E-state index contributed by atoms with van der Waals surface area (Å²) in [5, 5.41) is 2.43. The van der Waals surface area contributed by atoms with Gasteiger partial charge < -0.3 is 11.1 Å². The van der Waals surface area contributed by atoms with E-state index in [1.165, 1.54) is 0 Å². The lowest BCUT2D eigenvalue weighted by Gasteiger charge is -2.05. The van der Waals surface area contributed by atoms with Gasteiger partial charge in [0.2, 0.25) is 5.95 Å². The summed E-state index contributed by atoms with van der Waals surface area (Å²) in [6, 6.07) is 0. The highest BCUT2D eigenvalue weighted by Gasteiger charge is 1.99. The fourth-order valence-electron chi connectivity index (χ4n) is 0.510. The topological polar surface area (TPSA) is 38.0 Å². The van der Waals surface area contributed by atoms with Crippen molar-refractivity contribution in [1.82, 2.24) is 5.32 Å². The molecule has 0 aromatic heterocycles. The van der Waals surface area contributed by atoms with Crippen LogP contribution in [0.1, 0.15) is 0 Å². The zero-order chi connectivity index (χ0) is 5.98. The first-order valence-electron chi connectivity index (χ1n) is 2.36. The molecule has 1 heterocycles. The van der Waals surface area contributed by atoms with Crippen molar-refractivity contribution >= 4 is 0 Å². The highest BCUT2D eigenvalue weighted by Crippen LogP contribution is 2.01. The molecule has 3 heteroatoms. The molecule has 0 fully saturated rings. The third-order valence-corrected chi connectivity index (χ3v) is 0.926. The second kappa shape index (κ2) is 1.86. The fourth-order valence-corrected chi connectivity index (χ4v) is 0.510. The Kier molecular flexibility index (Phi) is 1.20. The van der Waals surface area contributed by atoms with Crippen molar-refractivity contribution in [2.45, 2.75) is 0 Å². The van der Waals surface area contributed by atoms with Crippen molar-refractivity contribution in [3.05, 3.63) is 23.8 Å². The summed E-state index contributed by atoms with van der Waals surface area (Å²) in [7, 11) is 0. The van der Waals surface area contributed by atoms with E-state index in [0.29, 0.717) is 6.54 Å². The second-order valence-corrected chi connectivity index (χ2v) is 1.55. The summed E-state index contributed by atoms with van der Waals surface area (Å²) in [4.78, 5) is 0. The van der Waals surface area contributed by atoms with Gasteiger partial charge in [0.1, 0.15) is 0 Å². The SMILES string of the molecule is NC1=C(F)NCC=C1. The van der Waals surface area contributed by atoms with Gasteiger partial charge >= 0.3 is 0 Å². The van der Waals surface area contributed by atoms with Gasteiger partial charge in [0.15, 0.2) is 0 Å². The Morgan fingerprint density at radius 2 is 2.50 bits per heavy atom. The van der Waals surface area contributed by atoms with Crippen LogP contribution in [0.25, 0.3) is 0 Å². The lowest BCUT2D eigenvalue weighted by molar-refractivity contribution is 0.545. The van der Waals surface area contributed by atoms with E-state index in [4.69, 9.17) is 5.73 Å². The summed E-state index contributed by atoms with van der Waals surface area (Å²) >= 11 is 0. The van der Waals surface area contributed by atoms with Gasteiger partial charge in [-0.15, -0.1) is 0 Å². The van der Waals surface area contributed by atoms with Crippen molar-refractivity contribution in [2.24, 2.45) is 5.73 Å². The molecule has 0 aromatic rings. The molecule has 1 aliphatic heterocycles. The second-order valence-electron chi connectivity index (χ2n) is 1.55. The first-order chi connectivity index (χ1) is 3.80. The zero-order valence-electron chi connectivity index (χ0n) is 4.32. The van der Waals surface area contributed by atoms with Gasteiger partial charge in [-0.05, 0) is 6.08 Å². The molecule has 0 aliphatic carbocycles. The molecule has 0 aromatic carbocycles. The van der Waals surface area contributed by atoms with Gasteiger partial charge in [-0.25, -0.2) is 0 Å². The number of hydrogen-bond acceptors (Lipinski definition) is 2. The predicted molar refractivity (Wildman–Crippen MR) is 29.5 cm³/mol.